The Morgan fingerprint density at radius 2 is 1.50 bits per heavy atom. The van der Waals surface area contributed by atoms with Gasteiger partial charge in [-0.1, -0.05) is 39.0 Å². The fraction of sp³-hybridized carbons (Fsp3) is 1.00. The van der Waals surface area contributed by atoms with E-state index in [9.17, 15) is 0 Å². The highest BCUT2D eigenvalue weighted by Crippen LogP contribution is 2.19. The number of piperidine rings is 1. The number of likely N-dealkylation sites (tertiary alicyclic amines) is 1. The zero-order valence-corrected chi connectivity index (χ0v) is 12.3. The predicted molar refractivity (Wildman–Crippen MR) is 79.0 cm³/mol. The Bertz CT molecular complexity index is 201. The highest BCUT2D eigenvalue weighted by atomic mass is 15.1. The molecule has 1 aliphatic heterocycles. The van der Waals surface area contributed by atoms with Crippen LogP contribution in [-0.2, 0) is 0 Å². The van der Waals surface area contributed by atoms with E-state index in [1.807, 2.05) is 0 Å². The van der Waals surface area contributed by atoms with Crippen LogP contribution in [0.1, 0.15) is 71.1 Å². The number of rotatable bonds is 5. The third-order valence-electron chi connectivity index (χ3n) is 4.74. The number of nitrogens with zero attached hydrogens (tertiary/aromatic N) is 1. The molecule has 1 heterocycles. The van der Waals surface area contributed by atoms with Crippen LogP contribution in [-0.4, -0.2) is 36.6 Å². The highest BCUT2D eigenvalue weighted by Gasteiger charge is 2.21. The Morgan fingerprint density at radius 1 is 0.889 bits per heavy atom. The van der Waals surface area contributed by atoms with E-state index in [-0.39, 0.29) is 0 Å². The minimum absolute atomic E-state index is 0.811. The second-order valence-corrected chi connectivity index (χ2v) is 6.32. The Kier molecular flexibility index (Phi) is 6.50. The first-order valence-corrected chi connectivity index (χ1v) is 8.37. The molecular weight excluding hydrogens is 220 g/mol. The van der Waals surface area contributed by atoms with Crippen molar-refractivity contribution in [2.75, 3.05) is 19.6 Å². The average molecular weight is 252 g/mol. The quantitative estimate of drug-likeness (QED) is 0.753. The lowest BCUT2D eigenvalue weighted by Gasteiger charge is -2.34. The molecule has 0 atom stereocenters. The molecule has 1 saturated heterocycles. The van der Waals surface area contributed by atoms with Crippen molar-refractivity contribution in [1.82, 2.24) is 10.2 Å². The number of nitrogens with one attached hydrogen (secondary N) is 1. The zero-order valence-electron chi connectivity index (χ0n) is 12.3. The van der Waals surface area contributed by atoms with Crippen molar-refractivity contribution in [3.63, 3.8) is 0 Å². The first-order chi connectivity index (χ1) is 8.88. The molecule has 2 heteroatoms. The summed E-state index contributed by atoms with van der Waals surface area (Å²) in [4.78, 5) is 2.66. The van der Waals surface area contributed by atoms with Gasteiger partial charge < -0.3 is 10.2 Å². The van der Waals surface area contributed by atoms with Gasteiger partial charge in [0.1, 0.15) is 0 Å². The van der Waals surface area contributed by atoms with E-state index in [4.69, 9.17) is 0 Å². The molecule has 2 fully saturated rings. The molecule has 1 saturated carbocycles. The molecule has 0 radical (unpaired) electrons. The Hall–Kier alpha value is -0.0800. The summed E-state index contributed by atoms with van der Waals surface area (Å²) in [6, 6.07) is 1.64. The van der Waals surface area contributed by atoms with Crippen molar-refractivity contribution in [2.45, 2.75) is 83.2 Å². The van der Waals surface area contributed by atoms with Crippen LogP contribution in [0.15, 0.2) is 0 Å². The molecule has 2 nitrogen and oxygen atoms in total. The lowest BCUT2D eigenvalue weighted by molar-refractivity contribution is 0.186. The van der Waals surface area contributed by atoms with Crippen LogP contribution >= 0.6 is 0 Å². The van der Waals surface area contributed by atoms with E-state index >= 15 is 0 Å². The highest BCUT2D eigenvalue weighted by molar-refractivity contribution is 4.81. The van der Waals surface area contributed by atoms with E-state index in [2.05, 4.69) is 17.1 Å². The van der Waals surface area contributed by atoms with E-state index in [0.29, 0.717) is 0 Å². The van der Waals surface area contributed by atoms with Gasteiger partial charge in [-0.15, -0.1) is 0 Å². The van der Waals surface area contributed by atoms with Crippen LogP contribution in [0.25, 0.3) is 0 Å². The molecule has 0 unspecified atom stereocenters. The SMILES string of the molecule is CCCCN1CCC(NC2CCCCCC2)CC1. The summed E-state index contributed by atoms with van der Waals surface area (Å²) in [6.07, 6.45) is 14.1. The van der Waals surface area contributed by atoms with Crippen LogP contribution in [0.2, 0.25) is 0 Å². The van der Waals surface area contributed by atoms with Gasteiger partial charge in [0, 0.05) is 12.1 Å². The number of unbranched alkanes of at least 4 members (excludes halogenated alkanes) is 1. The second-order valence-electron chi connectivity index (χ2n) is 6.32. The molecule has 0 aromatic rings. The van der Waals surface area contributed by atoms with Crippen molar-refractivity contribution in [3.8, 4) is 0 Å². The van der Waals surface area contributed by atoms with Gasteiger partial charge >= 0.3 is 0 Å². The summed E-state index contributed by atoms with van der Waals surface area (Å²) in [5.74, 6) is 0. The van der Waals surface area contributed by atoms with E-state index in [1.165, 1.54) is 83.8 Å². The minimum Gasteiger partial charge on any atom is -0.311 e. The summed E-state index contributed by atoms with van der Waals surface area (Å²) in [6.45, 7) is 6.27. The van der Waals surface area contributed by atoms with E-state index < -0.39 is 0 Å². The first-order valence-electron chi connectivity index (χ1n) is 8.37. The Balaban J connectivity index is 1.63. The van der Waals surface area contributed by atoms with Gasteiger partial charge in [-0.3, -0.25) is 0 Å². The van der Waals surface area contributed by atoms with Crippen LogP contribution in [0, 0.1) is 0 Å². The molecule has 2 aliphatic rings. The fourth-order valence-electron chi connectivity index (χ4n) is 3.48. The van der Waals surface area contributed by atoms with E-state index in [1.54, 1.807) is 0 Å². The molecule has 18 heavy (non-hydrogen) atoms. The molecule has 2 rings (SSSR count). The molecule has 1 N–H and O–H groups in total. The summed E-state index contributed by atoms with van der Waals surface area (Å²) in [7, 11) is 0. The van der Waals surface area contributed by atoms with Gasteiger partial charge in [-0.25, -0.2) is 0 Å². The van der Waals surface area contributed by atoms with Crippen molar-refractivity contribution in [3.05, 3.63) is 0 Å². The summed E-state index contributed by atoms with van der Waals surface area (Å²) < 4.78 is 0. The maximum Gasteiger partial charge on any atom is 0.00940 e. The van der Waals surface area contributed by atoms with Gasteiger partial charge in [0.2, 0.25) is 0 Å². The maximum absolute atomic E-state index is 3.95. The van der Waals surface area contributed by atoms with Crippen molar-refractivity contribution in [1.29, 1.82) is 0 Å². The monoisotopic (exact) mass is 252 g/mol. The van der Waals surface area contributed by atoms with Crippen LogP contribution in [0.3, 0.4) is 0 Å². The number of hydrogen-bond donors (Lipinski definition) is 1. The summed E-state index contributed by atoms with van der Waals surface area (Å²) >= 11 is 0. The summed E-state index contributed by atoms with van der Waals surface area (Å²) in [5.41, 5.74) is 0. The van der Waals surface area contributed by atoms with Crippen molar-refractivity contribution in [2.24, 2.45) is 0 Å². The maximum atomic E-state index is 3.95. The van der Waals surface area contributed by atoms with Crippen LogP contribution < -0.4 is 5.32 Å². The standard InChI is InChI=1S/C16H32N2/c1-2-3-12-18-13-10-16(11-14-18)17-15-8-6-4-5-7-9-15/h15-17H,2-14H2,1H3. The molecule has 0 spiro atoms. The summed E-state index contributed by atoms with van der Waals surface area (Å²) in [5, 5.41) is 3.95. The van der Waals surface area contributed by atoms with Gasteiger partial charge in [0.05, 0.1) is 0 Å². The largest absolute Gasteiger partial charge is 0.311 e. The molecule has 106 valence electrons. The van der Waals surface area contributed by atoms with Crippen molar-refractivity contribution >= 4 is 0 Å². The molecule has 0 bridgehead atoms. The topological polar surface area (TPSA) is 15.3 Å². The predicted octanol–water partition coefficient (Wildman–Crippen LogP) is 3.56. The van der Waals surface area contributed by atoms with Crippen molar-refractivity contribution < 1.29 is 0 Å². The molecule has 0 amide bonds. The minimum atomic E-state index is 0.811. The molecule has 0 aromatic carbocycles. The lowest BCUT2D eigenvalue weighted by atomic mass is 10.0. The van der Waals surface area contributed by atoms with Gasteiger partial charge in [0.25, 0.3) is 0 Å². The molecule has 1 aliphatic carbocycles. The smallest absolute Gasteiger partial charge is 0.00940 e. The third kappa shape index (κ3) is 4.89. The average Bonchev–Trinajstić information content (AvgIpc) is 2.67. The van der Waals surface area contributed by atoms with Crippen LogP contribution in [0.5, 0.6) is 0 Å². The lowest BCUT2D eigenvalue weighted by Crippen LogP contribution is -2.46. The normalized spacial score (nSPS) is 25.2. The van der Waals surface area contributed by atoms with Gasteiger partial charge in [0.15, 0.2) is 0 Å². The zero-order chi connectivity index (χ0) is 12.6. The fourth-order valence-corrected chi connectivity index (χ4v) is 3.48. The molecule has 0 aromatic heterocycles. The molecular formula is C16H32N2. The second kappa shape index (κ2) is 8.16. The van der Waals surface area contributed by atoms with Gasteiger partial charge in [-0.2, -0.15) is 0 Å². The Labute approximate surface area is 114 Å². The van der Waals surface area contributed by atoms with Crippen LogP contribution in [0.4, 0.5) is 0 Å². The number of hydrogen-bond acceptors (Lipinski definition) is 2. The van der Waals surface area contributed by atoms with E-state index in [0.717, 1.165) is 12.1 Å². The third-order valence-corrected chi connectivity index (χ3v) is 4.74. The van der Waals surface area contributed by atoms with Gasteiger partial charge in [-0.05, 0) is 51.7 Å². The first kappa shape index (κ1) is 14.3. The Morgan fingerprint density at radius 3 is 2.11 bits per heavy atom.